The third kappa shape index (κ3) is 6.00. The first-order valence-corrected chi connectivity index (χ1v) is 11.9. The van der Waals surface area contributed by atoms with Gasteiger partial charge in [0.25, 0.3) is 0 Å². The minimum absolute atomic E-state index is 0.0170. The highest BCUT2D eigenvalue weighted by Gasteiger charge is 2.36. The first kappa shape index (κ1) is 24.3. The van der Waals surface area contributed by atoms with Crippen LogP contribution in [0.2, 0.25) is 0 Å². The van der Waals surface area contributed by atoms with Crippen LogP contribution in [0.15, 0.2) is 24.3 Å². The summed E-state index contributed by atoms with van der Waals surface area (Å²) in [6.07, 6.45) is -0.695. The molecule has 2 saturated heterocycles. The first-order valence-electron chi connectivity index (χ1n) is 11.9. The maximum absolute atomic E-state index is 13.1. The van der Waals surface area contributed by atoms with E-state index in [0.29, 0.717) is 63.1 Å². The van der Waals surface area contributed by atoms with Gasteiger partial charge in [-0.1, -0.05) is 6.07 Å². The van der Waals surface area contributed by atoms with Gasteiger partial charge in [-0.25, -0.2) is 0 Å². The van der Waals surface area contributed by atoms with E-state index in [2.05, 4.69) is 5.32 Å². The molecule has 0 aromatic heterocycles. The molecular weight excluding hydrogens is 435 g/mol. The largest absolute Gasteiger partial charge is 0.416 e. The molecule has 0 bridgehead atoms. The number of ether oxygens (including phenoxy) is 2. The molecule has 1 N–H and O–H groups in total. The Balaban J connectivity index is 1.26. The summed E-state index contributed by atoms with van der Waals surface area (Å²) in [5.41, 5.74) is -0.0793. The number of carbonyl (C=O) groups is 1. The second-order valence-corrected chi connectivity index (χ2v) is 9.42. The molecule has 3 fully saturated rings. The molecule has 4 atom stereocenters. The van der Waals surface area contributed by atoms with Crippen LogP contribution in [-0.4, -0.2) is 76.0 Å². The summed E-state index contributed by atoms with van der Waals surface area (Å²) in [6.45, 7) is 4.30. The quantitative estimate of drug-likeness (QED) is 0.694. The number of hydrogen-bond donors (Lipinski definition) is 1. The second-order valence-electron chi connectivity index (χ2n) is 9.42. The number of piperazine rings is 1. The number of nitrogens with one attached hydrogen (secondary N) is 1. The topological polar surface area (TPSA) is 54.0 Å². The normalized spacial score (nSPS) is 28.8. The Kier molecular flexibility index (Phi) is 7.81. The lowest BCUT2D eigenvalue weighted by Gasteiger charge is -2.37. The number of methoxy groups -OCH3 is 1. The van der Waals surface area contributed by atoms with Crippen molar-refractivity contribution in [1.29, 1.82) is 0 Å². The Bertz CT molecular complexity index is 797. The fourth-order valence-corrected chi connectivity index (χ4v) is 5.38. The van der Waals surface area contributed by atoms with Gasteiger partial charge in [0.05, 0.1) is 18.8 Å². The summed E-state index contributed by atoms with van der Waals surface area (Å²) in [7, 11) is 1.71. The zero-order valence-electron chi connectivity index (χ0n) is 19.2. The molecule has 4 unspecified atom stereocenters. The molecule has 1 aromatic rings. The van der Waals surface area contributed by atoms with E-state index in [9.17, 15) is 18.0 Å². The van der Waals surface area contributed by atoms with Crippen LogP contribution in [-0.2, 0) is 20.4 Å². The summed E-state index contributed by atoms with van der Waals surface area (Å²) < 4.78 is 50.0. The van der Waals surface area contributed by atoms with E-state index in [4.69, 9.17) is 9.47 Å². The predicted molar refractivity (Wildman–Crippen MR) is 119 cm³/mol. The zero-order valence-corrected chi connectivity index (χ0v) is 19.2. The molecule has 1 amide bonds. The predicted octanol–water partition coefficient (Wildman–Crippen LogP) is 3.16. The molecule has 9 heteroatoms. The van der Waals surface area contributed by atoms with E-state index in [0.717, 1.165) is 38.4 Å². The Morgan fingerprint density at radius 2 is 1.97 bits per heavy atom. The molecule has 184 valence electrons. The molecule has 2 aliphatic heterocycles. The summed E-state index contributed by atoms with van der Waals surface area (Å²) >= 11 is 0. The number of benzene rings is 1. The van der Waals surface area contributed by atoms with E-state index in [-0.39, 0.29) is 11.8 Å². The van der Waals surface area contributed by atoms with Crippen LogP contribution in [0, 0.1) is 11.8 Å². The fraction of sp³-hybridized carbons (Fsp3) is 0.708. The van der Waals surface area contributed by atoms with Crippen LogP contribution < -0.4 is 10.2 Å². The molecule has 33 heavy (non-hydrogen) atoms. The smallest absolute Gasteiger partial charge is 0.384 e. The Morgan fingerprint density at radius 1 is 1.18 bits per heavy atom. The van der Waals surface area contributed by atoms with E-state index in [1.807, 2.05) is 9.80 Å². The molecule has 6 nitrogen and oxygen atoms in total. The van der Waals surface area contributed by atoms with Crippen molar-refractivity contribution in [2.75, 3.05) is 58.0 Å². The minimum Gasteiger partial charge on any atom is -0.384 e. The molecule has 1 saturated carbocycles. The summed E-state index contributed by atoms with van der Waals surface area (Å²) in [4.78, 5) is 16.9. The fourth-order valence-electron chi connectivity index (χ4n) is 5.38. The van der Waals surface area contributed by atoms with Gasteiger partial charge in [-0.3, -0.25) is 4.79 Å². The van der Waals surface area contributed by atoms with Crippen molar-refractivity contribution in [3.8, 4) is 0 Å². The van der Waals surface area contributed by atoms with E-state index in [1.165, 1.54) is 12.1 Å². The molecule has 1 aliphatic carbocycles. The van der Waals surface area contributed by atoms with Crippen LogP contribution in [0.4, 0.5) is 18.9 Å². The second kappa shape index (κ2) is 10.6. The highest BCUT2D eigenvalue weighted by molar-refractivity contribution is 5.79. The summed E-state index contributed by atoms with van der Waals surface area (Å²) in [5, 5.41) is 3.76. The minimum atomic E-state index is -4.35. The van der Waals surface area contributed by atoms with Crippen molar-refractivity contribution in [3.05, 3.63) is 29.8 Å². The third-order valence-corrected chi connectivity index (χ3v) is 7.22. The highest BCUT2D eigenvalue weighted by atomic mass is 19.4. The number of halogens is 3. The van der Waals surface area contributed by atoms with Gasteiger partial charge in [0.15, 0.2) is 0 Å². The number of anilines is 1. The molecule has 2 heterocycles. The van der Waals surface area contributed by atoms with Gasteiger partial charge < -0.3 is 24.6 Å². The molecule has 1 aromatic carbocycles. The van der Waals surface area contributed by atoms with Crippen LogP contribution in [0.3, 0.4) is 0 Å². The number of alkyl halides is 3. The van der Waals surface area contributed by atoms with Crippen molar-refractivity contribution in [3.63, 3.8) is 0 Å². The van der Waals surface area contributed by atoms with E-state index in [1.54, 1.807) is 13.2 Å². The van der Waals surface area contributed by atoms with Gasteiger partial charge in [0, 0.05) is 69.5 Å². The SMILES string of the molecule is COCC1COCCC1NC1CCC(C(=O)N2CCN(c3cccc(C(F)(F)F)c3)CC2)C1. The zero-order chi connectivity index (χ0) is 23.4. The molecule has 0 spiro atoms. The van der Waals surface area contributed by atoms with Crippen LogP contribution in [0.5, 0.6) is 0 Å². The monoisotopic (exact) mass is 469 g/mol. The molecule has 4 rings (SSSR count). The average molecular weight is 470 g/mol. The Morgan fingerprint density at radius 3 is 2.70 bits per heavy atom. The van der Waals surface area contributed by atoms with Crippen molar-refractivity contribution in [2.24, 2.45) is 11.8 Å². The maximum atomic E-state index is 13.1. The molecule has 0 radical (unpaired) electrons. The lowest BCUT2D eigenvalue weighted by molar-refractivity contribution is -0.137. The Hall–Kier alpha value is -1.84. The number of carbonyl (C=O) groups excluding carboxylic acids is 1. The van der Waals surface area contributed by atoms with Gasteiger partial charge in [-0.05, 0) is 43.9 Å². The molecular formula is C24H34F3N3O3. The maximum Gasteiger partial charge on any atom is 0.416 e. The summed E-state index contributed by atoms with van der Waals surface area (Å²) in [6, 6.07) is 6.11. The lowest BCUT2D eigenvalue weighted by Crippen LogP contribution is -2.50. The average Bonchev–Trinajstić information content (AvgIpc) is 3.28. The first-order chi connectivity index (χ1) is 15.8. The van der Waals surface area contributed by atoms with E-state index < -0.39 is 11.7 Å². The van der Waals surface area contributed by atoms with Crippen LogP contribution >= 0.6 is 0 Å². The third-order valence-electron chi connectivity index (χ3n) is 7.22. The highest BCUT2D eigenvalue weighted by Crippen LogP contribution is 2.33. The molecule has 3 aliphatic rings. The van der Waals surface area contributed by atoms with E-state index >= 15 is 0 Å². The van der Waals surface area contributed by atoms with Gasteiger partial charge >= 0.3 is 6.18 Å². The van der Waals surface area contributed by atoms with Crippen molar-refractivity contribution >= 4 is 11.6 Å². The van der Waals surface area contributed by atoms with Crippen molar-refractivity contribution in [2.45, 2.75) is 43.9 Å². The standard InChI is InChI=1S/C24H34F3N3O3/c1-32-15-18-16-33-12-7-22(18)28-20-6-5-17(13-20)23(31)30-10-8-29(9-11-30)21-4-2-3-19(14-21)24(25,26)27/h2-4,14,17-18,20,22,28H,5-13,15-16H2,1H3. The number of nitrogens with zero attached hydrogens (tertiary/aromatic N) is 2. The number of hydrogen-bond acceptors (Lipinski definition) is 5. The summed E-state index contributed by atoms with van der Waals surface area (Å²) in [5.74, 6) is 0.536. The number of rotatable bonds is 6. The van der Waals surface area contributed by atoms with Crippen molar-refractivity contribution < 1.29 is 27.4 Å². The number of amides is 1. The van der Waals surface area contributed by atoms with Gasteiger partial charge in [-0.15, -0.1) is 0 Å². The van der Waals surface area contributed by atoms with Gasteiger partial charge in [0.2, 0.25) is 5.91 Å². The van der Waals surface area contributed by atoms with Crippen LogP contribution in [0.25, 0.3) is 0 Å². The van der Waals surface area contributed by atoms with Crippen molar-refractivity contribution in [1.82, 2.24) is 10.2 Å². The Labute approximate surface area is 193 Å². The van der Waals surface area contributed by atoms with Gasteiger partial charge in [-0.2, -0.15) is 13.2 Å². The van der Waals surface area contributed by atoms with Crippen LogP contribution in [0.1, 0.15) is 31.2 Å². The lowest BCUT2D eigenvalue weighted by atomic mass is 9.95. The van der Waals surface area contributed by atoms with Gasteiger partial charge in [0.1, 0.15) is 0 Å².